The second-order valence-corrected chi connectivity index (χ2v) is 7.44. The van der Waals surface area contributed by atoms with Crippen molar-refractivity contribution in [2.45, 2.75) is 19.4 Å². The van der Waals surface area contributed by atoms with Crippen LogP contribution in [0.15, 0.2) is 36.7 Å². The smallest absolute Gasteiger partial charge is 0.336 e. The number of carboxylic acids is 1. The van der Waals surface area contributed by atoms with Gasteiger partial charge in [0.1, 0.15) is 5.01 Å². The van der Waals surface area contributed by atoms with Gasteiger partial charge in [-0.05, 0) is 18.6 Å². The van der Waals surface area contributed by atoms with Crippen LogP contribution in [0.2, 0.25) is 0 Å². The molecule has 2 aromatic heterocycles. The zero-order valence-electron chi connectivity index (χ0n) is 13.8. The lowest BCUT2D eigenvalue weighted by molar-refractivity contribution is 0.0698. The molecular weight excluding hydrogens is 336 g/mol. The molecule has 2 N–H and O–H groups in total. The zero-order chi connectivity index (χ0) is 17.4. The average Bonchev–Trinajstić information content (AvgIpc) is 3.19. The van der Waals surface area contributed by atoms with Crippen molar-refractivity contribution in [1.82, 2.24) is 20.1 Å². The Morgan fingerprint density at radius 1 is 1.36 bits per heavy atom. The highest BCUT2D eigenvalue weighted by Gasteiger charge is 2.30. The second-order valence-electron chi connectivity index (χ2n) is 6.33. The van der Waals surface area contributed by atoms with Crippen molar-refractivity contribution < 1.29 is 9.90 Å². The highest BCUT2D eigenvalue weighted by molar-refractivity contribution is 7.15. The molecule has 1 aliphatic rings. The van der Waals surface area contributed by atoms with Gasteiger partial charge in [-0.2, -0.15) is 5.10 Å². The fourth-order valence-corrected chi connectivity index (χ4v) is 4.23. The summed E-state index contributed by atoms with van der Waals surface area (Å²) in [7, 11) is 0. The van der Waals surface area contributed by atoms with Gasteiger partial charge in [0.05, 0.1) is 23.2 Å². The number of carbonyl (C=O) groups is 1. The third-order valence-corrected chi connectivity index (χ3v) is 5.58. The van der Waals surface area contributed by atoms with E-state index in [1.165, 1.54) is 11.3 Å². The van der Waals surface area contributed by atoms with E-state index in [0.717, 1.165) is 35.1 Å². The first kappa shape index (κ1) is 16.0. The minimum atomic E-state index is -0.911. The molecule has 0 amide bonds. The molecule has 0 bridgehead atoms. The van der Waals surface area contributed by atoms with E-state index >= 15 is 0 Å². The van der Waals surface area contributed by atoms with E-state index in [-0.39, 0.29) is 0 Å². The summed E-state index contributed by atoms with van der Waals surface area (Å²) in [6.45, 7) is 4.85. The minimum Gasteiger partial charge on any atom is -0.478 e. The number of hydrogen-bond donors (Lipinski definition) is 2. The summed E-state index contributed by atoms with van der Waals surface area (Å²) in [5.74, 6) is -0.402. The number of aromatic amines is 1. The summed E-state index contributed by atoms with van der Waals surface area (Å²) >= 11 is 1.56. The molecule has 6 nitrogen and oxygen atoms in total. The first-order valence-corrected chi connectivity index (χ1v) is 8.93. The highest BCUT2D eigenvalue weighted by atomic mass is 32.1. The summed E-state index contributed by atoms with van der Waals surface area (Å²) in [4.78, 5) is 19.1. The molecule has 1 aromatic carbocycles. The van der Waals surface area contributed by atoms with E-state index < -0.39 is 5.97 Å². The van der Waals surface area contributed by atoms with E-state index in [0.29, 0.717) is 11.5 Å². The van der Waals surface area contributed by atoms with Crippen LogP contribution in [-0.2, 0) is 6.54 Å². The first-order chi connectivity index (χ1) is 12.1. The number of aryl methyl sites for hydroxylation is 1. The molecule has 3 heterocycles. The van der Waals surface area contributed by atoms with Crippen LogP contribution in [0, 0.1) is 6.92 Å². The second kappa shape index (κ2) is 6.42. The molecular formula is C18H18N4O2S. The molecule has 3 aromatic rings. The highest BCUT2D eigenvalue weighted by Crippen LogP contribution is 2.32. The number of thiazole rings is 1. The van der Waals surface area contributed by atoms with Gasteiger partial charge in [0.15, 0.2) is 0 Å². The molecule has 1 aliphatic heterocycles. The Bertz CT molecular complexity index is 911. The van der Waals surface area contributed by atoms with Gasteiger partial charge in [0, 0.05) is 36.5 Å². The Morgan fingerprint density at radius 3 is 2.88 bits per heavy atom. The molecule has 0 spiro atoms. The van der Waals surface area contributed by atoms with Crippen LogP contribution in [0.5, 0.6) is 0 Å². The summed E-state index contributed by atoms with van der Waals surface area (Å²) in [6.07, 6.45) is 3.64. The SMILES string of the molecule is Cc1cn[nH]c1C1CN(Cc2ncc(-c3ccccc3C(=O)O)s2)C1. The Labute approximate surface area is 149 Å². The van der Waals surface area contributed by atoms with Crippen LogP contribution < -0.4 is 0 Å². The van der Waals surface area contributed by atoms with Crippen LogP contribution in [0.4, 0.5) is 0 Å². The molecule has 1 saturated heterocycles. The summed E-state index contributed by atoms with van der Waals surface area (Å²) in [5.41, 5.74) is 3.49. The largest absolute Gasteiger partial charge is 0.478 e. The van der Waals surface area contributed by atoms with Crippen LogP contribution in [0.25, 0.3) is 10.4 Å². The number of nitrogens with one attached hydrogen (secondary N) is 1. The molecule has 0 saturated carbocycles. The van der Waals surface area contributed by atoms with Gasteiger partial charge in [-0.1, -0.05) is 18.2 Å². The number of benzene rings is 1. The van der Waals surface area contributed by atoms with E-state index in [4.69, 9.17) is 0 Å². The maximum atomic E-state index is 11.4. The van der Waals surface area contributed by atoms with Crippen molar-refractivity contribution in [3.8, 4) is 10.4 Å². The summed E-state index contributed by atoms with van der Waals surface area (Å²) < 4.78 is 0. The molecule has 1 fully saturated rings. The Morgan fingerprint density at radius 2 is 2.16 bits per heavy atom. The van der Waals surface area contributed by atoms with Gasteiger partial charge in [-0.3, -0.25) is 10.00 Å². The predicted molar refractivity (Wildman–Crippen MR) is 95.9 cm³/mol. The van der Waals surface area contributed by atoms with Gasteiger partial charge in [-0.15, -0.1) is 11.3 Å². The fourth-order valence-electron chi connectivity index (χ4n) is 3.23. The van der Waals surface area contributed by atoms with Crippen molar-refractivity contribution >= 4 is 17.3 Å². The summed E-state index contributed by atoms with van der Waals surface area (Å²) in [5, 5.41) is 17.5. The van der Waals surface area contributed by atoms with Gasteiger partial charge in [0.25, 0.3) is 0 Å². The van der Waals surface area contributed by atoms with Crippen molar-refractivity contribution in [2.24, 2.45) is 0 Å². The Hall–Kier alpha value is -2.51. The van der Waals surface area contributed by atoms with Gasteiger partial charge in [-0.25, -0.2) is 9.78 Å². The van der Waals surface area contributed by atoms with Crippen LogP contribution in [-0.4, -0.2) is 44.2 Å². The van der Waals surface area contributed by atoms with Crippen LogP contribution in [0.1, 0.15) is 32.5 Å². The topological polar surface area (TPSA) is 82.1 Å². The zero-order valence-corrected chi connectivity index (χ0v) is 14.6. The number of carboxylic acid groups (broad SMARTS) is 1. The van der Waals surface area contributed by atoms with Crippen molar-refractivity contribution in [3.05, 3.63) is 58.5 Å². The maximum Gasteiger partial charge on any atom is 0.336 e. The normalized spacial score (nSPS) is 15.2. The monoisotopic (exact) mass is 354 g/mol. The van der Waals surface area contributed by atoms with Crippen LogP contribution >= 0.6 is 11.3 Å². The molecule has 0 unspecified atom stereocenters. The third kappa shape index (κ3) is 3.08. The first-order valence-electron chi connectivity index (χ1n) is 8.11. The van der Waals surface area contributed by atoms with E-state index in [1.807, 2.05) is 18.3 Å². The van der Waals surface area contributed by atoms with E-state index in [2.05, 4.69) is 27.0 Å². The minimum absolute atomic E-state index is 0.316. The Kier molecular flexibility index (Phi) is 4.10. The number of nitrogens with zero attached hydrogens (tertiary/aromatic N) is 3. The van der Waals surface area contributed by atoms with Gasteiger partial charge in [0.2, 0.25) is 0 Å². The molecule has 0 radical (unpaired) electrons. The van der Waals surface area contributed by atoms with Gasteiger partial charge < -0.3 is 5.11 Å². The van der Waals surface area contributed by atoms with Crippen molar-refractivity contribution in [2.75, 3.05) is 13.1 Å². The average molecular weight is 354 g/mol. The van der Waals surface area contributed by atoms with Crippen LogP contribution in [0.3, 0.4) is 0 Å². The number of aromatic carboxylic acids is 1. The lowest BCUT2D eigenvalue weighted by Crippen LogP contribution is -2.44. The molecule has 128 valence electrons. The quantitative estimate of drug-likeness (QED) is 0.735. The van der Waals surface area contributed by atoms with E-state index in [1.54, 1.807) is 29.7 Å². The number of H-pyrrole nitrogens is 1. The number of hydrogen-bond acceptors (Lipinski definition) is 5. The molecule has 7 heteroatoms. The molecule has 25 heavy (non-hydrogen) atoms. The third-order valence-electron chi connectivity index (χ3n) is 4.57. The number of likely N-dealkylation sites (tertiary alicyclic amines) is 1. The predicted octanol–water partition coefficient (Wildman–Crippen LogP) is 3.14. The molecule has 0 aliphatic carbocycles. The molecule has 0 atom stereocenters. The van der Waals surface area contributed by atoms with E-state index in [9.17, 15) is 9.90 Å². The maximum absolute atomic E-state index is 11.4. The Balaban J connectivity index is 1.43. The van der Waals surface area contributed by atoms with Crippen molar-refractivity contribution in [1.29, 1.82) is 0 Å². The number of aromatic nitrogens is 3. The lowest BCUT2D eigenvalue weighted by Gasteiger charge is -2.38. The number of rotatable bonds is 5. The standard InChI is InChI=1S/C18H18N4O2S/c1-11-6-20-21-17(11)12-8-22(9-12)10-16-19-7-15(25-16)13-4-2-3-5-14(13)18(23)24/h2-7,12H,8-10H2,1H3,(H,20,21)(H,23,24). The molecule has 4 rings (SSSR count). The lowest BCUT2D eigenvalue weighted by atomic mass is 9.94. The van der Waals surface area contributed by atoms with Crippen molar-refractivity contribution in [3.63, 3.8) is 0 Å². The van der Waals surface area contributed by atoms with Gasteiger partial charge >= 0.3 is 5.97 Å². The summed E-state index contributed by atoms with van der Waals surface area (Å²) in [6, 6.07) is 7.06. The fraction of sp³-hybridized carbons (Fsp3) is 0.278.